The second-order valence-corrected chi connectivity index (χ2v) is 15.8. The van der Waals surface area contributed by atoms with E-state index in [1.807, 2.05) is 13.8 Å². The lowest BCUT2D eigenvalue weighted by Crippen LogP contribution is -2.19. The third-order valence-corrected chi connectivity index (χ3v) is 6.15. The van der Waals surface area contributed by atoms with Crippen molar-refractivity contribution < 1.29 is 116 Å². The molecule has 1 heterocycles. The van der Waals surface area contributed by atoms with Gasteiger partial charge in [0.2, 0.25) is 0 Å². The fourth-order valence-electron chi connectivity index (χ4n) is 2.15. The maximum atomic E-state index is 11.0. The van der Waals surface area contributed by atoms with Crippen molar-refractivity contribution in [2.24, 2.45) is 47.3 Å². The van der Waals surface area contributed by atoms with Crippen molar-refractivity contribution in [1.29, 1.82) is 0 Å². The van der Waals surface area contributed by atoms with Crippen LogP contribution in [0, 0.1) is 47.3 Å². The van der Waals surface area contributed by atoms with Crippen LogP contribution in [0.2, 0.25) is 0 Å². The normalized spacial score (nSPS) is 9.99. The summed E-state index contributed by atoms with van der Waals surface area (Å²) >= 11 is 4.24. The van der Waals surface area contributed by atoms with Gasteiger partial charge < -0.3 is 68.5 Å². The Kier molecular flexibility index (Phi) is 86.0. The summed E-state index contributed by atoms with van der Waals surface area (Å²) in [6.07, 6.45) is -0.546. The molecule has 0 radical (unpaired) electrons. The number of cyclic esters (lactones) is 2. The smallest absolute Gasteiger partial charge is 0.481 e. The van der Waals surface area contributed by atoms with Gasteiger partial charge in [0.25, 0.3) is 5.97 Å². The zero-order valence-electron chi connectivity index (χ0n) is 47.5. The van der Waals surface area contributed by atoms with Crippen molar-refractivity contribution in [2.45, 2.75) is 132 Å². The first kappa shape index (κ1) is 92.4. The quantitative estimate of drug-likeness (QED) is 0.0341. The van der Waals surface area contributed by atoms with Crippen molar-refractivity contribution in [3.8, 4) is 0 Å². The van der Waals surface area contributed by atoms with Crippen molar-refractivity contribution in [2.75, 3.05) is 73.2 Å². The van der Waals surface area contributed by atoms with Crippen LogP contribution in [0.25, 0.3) is 0 Å². The number of esters is 6. The van der Waals surface area contributed by atoms with E-state index in [1.165, 1.54) is 0 Å². The summed E-state index contributed by atoms with van der Waals surface area (Å²) < 4.78 is 37.0. The van der Waals surface area contributed by atoms with Gasteiger partial charge in [0.05, 0.1) is 60.6 Å². The van der Waals surface area contributed by atoms with Gasteiger partial charge in [0.15, 0.2) is 0 Å². The monoisotopic (exact) mass is 1310 g/mol. The van der Waals surface area contributed by atoms with Crippen LogP contribution in [0.15, 0.2) is 0 Å². The van der Waals surface area contributed by atoms with Crippen molar-refractivity contribution in [3.05, 3.63) is 0 Å². The van der Waals surface area contributed by atoms with Gasteiger partial charge in [-0.15, -0.1) is 0 Å². The highest BCUT2D eigenvalue weighted by Crippen LogP contribution is 2.00. The molecule has 0 aromatic heterocycles. The Morgan fingerprint density at radius 2 is 0.541 bits per heavy atom. The average Bonchev–Trinajstić information content (AvgIpc) is 3.83. The number of hydrogen-bond acceptors (Lipinski definition) is 21. The number of aliphatic hydroxyl groups excluding tert-OH is 3. The van der Waals surface area contributed by atoms with Crippen LogP contribution < -0.4 is 0 Å². The summed E-state index contributed by atoms with van der Waals surface area (Å²) in [6, 6.07) is 0. The van der Waals surface area contributed by atoms with E-state index in [0.29, 0.717) is 13.2 Å². The third-order valence-electron chi connectivity index (χ3n) is 6.15. The largest absolute Gasteiger partial charge is 0.508 e. The summed E-state index contributed by atoms with van der Waals surface area (Å²) in [5.74, 6) is -5.16. The van der Waals surface area contributed by atoms with Gasteiger partial charge in [-0.2, -0.15) is 0 Å². The van der Waals surface area contributed by atoms with Crippen molar-refractivity contribution >= 4 is 97.1 Å². The lowest BCUT2D eigenvalue weighted by atomic mass is 10.2. The lowest BCUT2D eigenvalue weighted by molar-refractivity contribution is -0.156. The molecule has 1 fully saturated rings. The van der Waals surface area contributed by atoms with E-state index >= 15 is 0 Å². The number of aliphatic carboxylic acids is 3. The molecule has 0 atom stereocenters. The van der Waals surface area contributed by atoms with Crippen LogP contribution in [-0.2, 0) is 81.0 Å². The van der Waals surface area contributed by atoms with Crippen molar-refractivity contribution in [3.63, 3.8) is 0 Å². The summed E-state index contributed by atoms with van der Waals surface area (Å²) in [7, 11) is 1.00. The first-order valence-corrected chi connectivity index (χ1v) is 29.7. The number of carbonyl (C=O) groups is 10. The van der Waals surface area contributed by atoms with Gasteiger partial charge in [-0.25, -0.2) is 4.79 Å². The van der Waals surface area contributed by atoms with Gasteiger partial charge in [-0.05, 0) is 0 Å². The Morgan fingerprint density at radius 3 is 0.622 bits per heavy atom. The number of carbonyl (C=O) groups excluding carboxylic acids is 7. The third kappa shape index (κ3) is 93.8. The van der Waals surface area contributed by atoms with Crippen molar-refractivity contribution in [1.82, 2.24) is 0 Å². The van der Waals surface area contributed by atoms with Crippen LogP contribution in [0.3, 0.4) is 0 Å². The van der Waals surface area contributed by atoms with E-state index in [1.54, 1.807) is 111 Å². The maximum Gasteiger partial charge on any atom is 0.508 e. The highest BCUT2D eigenvalue weighted by atomic mass is 128. The molecule has 0 amide bonds. The van der Waals surface area contributed by atoms with Gasteiger partial charge in [0, 0.05) is 51.3 Å². The van der Waals surface area contributed by atoms with Crippen LogP contribution in [0.5, 0.6) is 0 Å². The molecule has 1 aliphatic rings. The lowest BCUT2D eigenvalue weighted by Gasteiger charge is -2.08. The first-order valence-electron chi connectivity index (χ1n) is 23.4. The van der Waals surface area contributed by atoms with Gasteiger partial charge in [-0.1, -0.05) is 125 Å². The van der Waals surface area contributed by atoms with E-state index in [4.69, 9.17) is 54.4 Å². The van der Waals surface area contributed by atoms with Gasteiger partial charge >= 0.3 is 53.9 Å². The number of rotatable bonds is 18. The summed E-state index contributed by atoms with van der Waals surface area (Å²) in [5, 5.41) is 46.8. The SMILES string of the molecule is CC.CC(=O)O.CC(C)C(=O)O.CC(C)C(=O)O.CC(C)C(=O)OCCO.CC(C)C(=O)OCCO.CC(C)C(=O)OCCOC(=O)C(C)C.CC(C)C(=O)OCCOC(=O)C(C)C.CO.II.O=C1OCCO1. The van der Waals surface area contributed by atoms with E-state index in [2.05, 4.69) is 56.2 Å². The molecule has 1 rings (SSSR count). The van der Waals surface area contributed by atoms with Crippen LogP contribution >= 0.6 is 37.2 Å². The topological polar surface area (TPSA) is 366 Å². The highest BCUT2D eigenvalue weighted by molar-refractivity contribution is 15.0. The van der Waals surface area contributed by atoms with E-state index in [-0.39, 0.29) is 136 Å². The Labute approximate surface area is 463 Å². The summed E-state index contributed by atoms with van der Waals surface area (Å²) in [6.45, 7) is 34.1. The minimum Gasteiger partial charge on any atom is -0.481 e. The number of hydrogen-bond donors (Lipinski definition) is 6. The summed E-state index contributed by atoms with van der Waals surface area (Å²) in [5.41, 5.74) is 0. The Hall–Kier alpha value is -4.16. The molecule has 6 N–H and O–H groups in total. The second kappa shape index (κ2) is 68.8. The number of carboxylic acids is 3. The second-order valence-electron chi connectivity index (χ2n) is 15.8. The molecule has 0 aromatic carbocycles. The molecular weight excluding hydrogens is 1210 g/mol. The molecule has 24 nitrogen and oxygen atoms in total. The molecule has 1 saturated heterocycles. The minimum atomic E-state index is -0.833. The predicted octanol–water partition coefficient (Wildman–Crippen LogP) is 7.23. The zero-order chi connectivity index (χ0) is 61.1. The van der Waals surface area contributed by atoms with Crippen LogP contribution in [-0.4, -0.2) is 164 Å². The van der Waals surface area contributed by atoms with E-state index in [9.17, 15) is 43.2 Å². The number of carboxylic acid groups (broad SMARTS) is 3. The maximum absolute atomic E-state index is 11.0. The van der Waals surface area contributed by atoms with Gasteiger partial charge in [-0.3, -0.25) is 43.2 Å². The molecule has 1 aliphatic heterocycles. The Bertz CT molecular complexity index is 1240. The first-order chi connectivity index (χ1) is 34.2. The standard InChI is InChI=1S/2C10H18O4.2C6H12O3.2C4H8O2.C3H4O3.C2H4O2.C2H6.CH4O.I2/c2*1-7(2)9(11)13-5-6-14-10(12)8(3)4;2*1-5(2)6(8)9-4-3-7;2*1-3(2)4(5)6;4-3-5-1-2-6-3;1-2(3)4;3*1-2/h2*7-8H,5-6H2,1-4H3;2*5,7H,3-4H2,1-2H3;2*3H,1-2H3,(H,5,6);1-2H2;1H3,(H,3,4);1-2H3;2H,1H3;. The number of aliphatic hydroxyl groups is 3. The van der Waals surface area contributed by atoms with Gasteiger partial charge in [0.1, 0.15) is 52.9 Å². The fraction of sp³-hybridized carbons (Fsp3) is 0.792. The van der Waals surface area contributed by atoms with Crippen LogP contribution in [0.4, 0.5) is 4.79 Å². The number of halogens is 2. The van der Waals surface area contributed by atoms with Crippen LogP contribution in [0.1, 0.15) is 132 Å². The van der Waals surface area contributed by atoms with E-state index < -0.39 is 24.1 Å². The molecular formula is C48H94I2O24. The minimum absolute atomic E-state index is 0.0987. The summed E-state index contributed by atoms with van der Waals surface area (Å²) in [4.78, 5) is 103. The molecule has 26 heteroatoms. The highest BCUT2D eigenvalue weighted by Gasteiger charge is 2.13. The molecule has 0 bridgehead atoms. The molecule has 444 valence electrons. The Morgan fingerprint density at radius 1 is 0.405 bits per heavy atom. The zero-order valence-corrected chi connectivity index (χ0v) is 51.8. The molecule has 74 heavy (non-hydrogen) atoms. The molecule has 0 spiro atoms. The molecule has 0 unspecified atom stereocenters. The molecule has 0 aromatic rings. The molecule has 0 saturated carbocycles. The Balaban J connectivity index is -0.0000000799. The number of ether oxygens (including phenoxy) is 8. The predicted molar refractivity (Wildman–Crippen MR) is 292 cm³/mol. The average molecular weight is 1310 g/mol. The molecule has 0 aliphatic carbocycles. The van der Waals surface area contributed by atoms with E-state index in [0.717, 1.165) is 14.0 Å². The fourth-order valence-corrected chi connectivity index (χ4v) is 2.15.